The Morgan fingerprint density at radius 2 is 1.97 bits per heavy atom. The maximum atomic E-state index is 12.2. The van der Waals surface area contributed by atoms with Gasteiger partial charge in [-0.1, -0.05) is 42.0 Å². The van der Waals surface area contributed by atoms with Crippen LogP contribution in [0, 0.1) is 0 Å². The Kier molecular flexibility index (Phi) is 6.72. The molecule has 1 aromatic carbocycles. The summed E-state index contributed by atoms with van der Waals surface area (Å²) in [6, 6.07) is 12.1. The normalized spacial score (nSPS) is 10.8. The van der Waals surface area contributed by atoms with E-state index in [4.69, 9.17) is 5.11 Å². The van der Waals surface area contributed by atoms with E-state index in [1.807, 2.05) is 30.3 Å². The van der Waals surface area contributed by atoms with Crippen LogP contribution in [0.3, 0.4) is 0 Å². The molecule has 2 aromatic heterocycles. The van der Waals surface area contributed by atoms with E-state index in [0.29, 0.717) is 6.54 Å². The molecule has 3 aromatic rings. The molecule has 3 rings (SSSR count). The fourth-order valence-electron chi connectivity index (χ4n) is 2.95. The molecule has 2 heterocycles. The zero-order valence-electron chi connectivity index (χ0n) is 16.3. The predicted molar refractivity (Wildman–Crippen MR) is 106 cm³/mol. The molecule has 0 aliphatic heterocycles. The largest absolute Gasteiger partial charge is 0.476 e. The minimum absolute atomic E-state index is 0.0206. The fourth-order valence-corrected chi connectivity index (χ4v) is 2.95. The lowest BCUT2D eigenvalue weighted by Gasteiger charge is -2.16. The first kappa shape index (κ1) is 20.2. The number of carboxylic acids is 1. The number of H-pyrrole nitrogens is 1. The number of aromatic amines is 1. The molecule has 0 bridgehead atoms. The average molecular weight is 396 g/mol. The van der Waals surface area contributed by atoms with Crippen molar-refractivity contribution in [2.24, 2.45) is 0 Å². The third-order valence-corrected chi connectivity index (χ3v) is 4.62. The van der Waals surface area contributed by atoms with E-state index in [-0.39, 0.29) is 18.1 Å². The number of aryl methyl sites for hydroxylation is 1. The van der Waals surface area contributed by atoms with Crippen molar-refractivity contribution >= 4 is 11.9 Å². The van der Waals surface area contributed by atoms with Crippen LogP contribution in [-0.2, 0) is 17.8 Å². The molecule has 0 unspecified atom stereocenters. The van der Waals surface area contributed by atoms with Gasteiger partial charge < -0.3 is 10.0 Å². The number of hydrogen-bond acceptors (Lipinski definition) is 5. The van der Waals surface area contributed by atoms with E-state index in [1.165, 1.54) is 10.9 Å². The van der Waals surface area contributed by atoms with Crippen molar-refractivity contribution in [3.63, 3.8) is 0 Å². The lowest BCUT2D eigenvalue weighted by atomic mass is 10.1. The summed E-state index contributed by atoms with van der Waals surface area (Å²) in [5, 5.41) is 23.4. The number of carbonyl (C=O) groups excluding carboxylic acids is 1. The number of amides is 1. The first-order valence-corrected chi connectivity index (χ1v) is 9.50. The van der Waals surface area contributed by atoms with Gasteiger partial charge in [-0.05, 0) is 25.3 Å². The molecule has 0 radical (unpaired) electrons. The maximum Gasteiger partial charge on any atom is 0.358 e. The highest BCUT2D eigenvalue weighted by atomic mass is 16.4. The molecule has 0 aliphatic rings. The number of likely N-dealkylation sites (N-methyl/N-ethyl adjacent to an activating group) is 1. The third kappa shape index (κ3) is 5.74. The molecular weight excluding hydrogens is 372 g/mol. The van der Waals surface area contributed by atoms with Gasteiger partial charge in [-0.3, -0.25) is 9.89 Å². The molecule has 9 nitrogen and oxygen atoms in total. The SMILES string of the molecule is CN(CCCCCc1cc(-c2ccccc2)n[nH]1)C(=O)Cn1cc(C(=O)O)nn1. The average Bonchev–Trinajstić information content (AvgIpc) is 3.38. The van der Waals surface area contributed by atoms with Crippen LogP contribution in [0.1, 0.15) is 35.4 Å². The van der Waals surface area contributed by atoms with E-state index in [9.17, 15) is 9.59 Å². The molecule has 0 saturated heterocycles. The summed E-state index contributed by atoms with van der Waals surface area (Å²) in [4.78, 5) is 24.6. The van der Waals surface area contributed by atoms with Crippen molar-refractivity contribution in [3.8, 4) is 11.3 Å². The number of carbonyl (C=O) groups is 2. The first-order valence-electron chi connectivity index (χ1n) is 9.50. The lowest BCUT2D eigenvalue weighted by Crippen LogP contribution is -2.31. The summed E-state index contributed by atoms with van der Waals surface area (Å²) in [6.07, 6.45) is 5.05. The van der Waals surface area contributed by atoms with Crippen LogP contribution in [0.2, 0.25) is 0 Å². The molecular formula is C20H24N6O3. The highest BCUT2D eigenvalue weighted by Crippen LogP contribution is 2.17. The van der Waals surface area contributed by atoms with E-state index in [1.54, 1.807) is 11.9 Å². The number of nitrogens with one attached hydrogen (secondary N) is 1. The van der Waals surface area contributed by atoms with E-state index < -0.39 is 5.97 Å². The number of benzene rings is 1. The Hall–Kier alpha value is -3.49. The standard InChI is InChI=1S/C20H24N6O3/c1-25(19(27)14-26-13-18(20(28)29)23-24-26)11-7-3-6-10-16-12-17(22-21-16)15-8-4-2-5-9-15/h2,4-5,8-9,12-13H,3,6-7,10-11,14H2,1H3,(H,21,22)(H,28,29). The van der Waals surface area contributed by atoms with Crippen molar-refractivity contribution < 1.29 is 14.7 Å². The number of aromatic nitrogens is 5. The van der Waals surface area contributed by atoms with Gasteiger partial charge in [0.05, 0.1) is 11.9 Å². The molecule has 0 fully saturated rings. The predicted octanol–water partition coefficient (Wildman–Crippen LogP) is 2.24. The molecule has 0 atom stereocenters. The summed E-state index contributed by atoms with van der Waals surface area (Å²) in [6.45, 7) is 0.616. The number of aromatic carboxylic acids is 1. The van der Waals surface area contributed by atoms with Crippen LogP contribution < -0.4 is 0 Å². The summed E-state index contributed by atoms with van der Waals surface area (Å²) in [7, 11) is 1.73. The topological polar surface area (TPSA) is 117 Å². The van der Waals surface area contributed by atoms with Gasteiger partial charge in [-0.25, -0.2) is 9.48 Å². The Morgan fingerprint density at radius 3 is 2.69 bits per heavy atom. The van der Waals surface area contributed by atoms with Crippen molar-refractivity contribution in [2.45, 2.75) is 32.2 Å². The minimum Gasteiger partial charge on any atom is -0.476 e. The van der Waals surface area contributed by atoms with Gasteiger partial charge in [0.15, 0.2) is 5.69 Å². The van der Waals surface area contributed by atoms with Crippen LogP contribution in [0.4, 0.5) is 0 Å². The van der Waals surface area contributed by atoms with Gasteiger partial charge in [0.1, 0.15) is 6.54 Å². The van der Waals surface area contributed by atoms with Crippen molar-refractivity contribution in [1.82, 2.24) is 30.1 Å². The number of unbranched alkanes of at least 4 members (excludes halogenated alkanes) is 2. The van der Waals surface area contributed by atoms with Crippen molar-refractivity contribution in [1.29, 1.82) is 0 Å². The second-order valence-corrected chi connectivity index (χ2v) is 6.88. The molecule has 29 heavy (non-hydrogen) atoms. The Bertz CT molecular complexity index is 950. The van der Waals surface area contributed by atoms with Crippen LogP contribution in [0.5, 0.6) is 0 Å². The Balaban J connectivity index is 1.35. The van der Waals surface area contributed by atoms with E-state index in [2.05, 4.69) is 26.6 Å². The Labute approximate surface area is 168 Å². The van der Waals surface area contributed by atoms with Crippen LogP contribution in [0.15, 0.2) is 42.6 Å². The quantitative estimate of drug-likeness (QED) is 0.508. The number of hydrogen-bond donors (Lipinski definition) is 2. The monoisotopic (exact) mass is 396 g/mol. The molecule has 0 aliphatic carbocycles. The summed E-state index contributed by atoms with van der Waals surface area (Å²) in [5.41, 5.74) is 2.98. The highest BCUT2D eigenvalue weighted by molar-refractivity contribution is 5.84. The number of nitrogens with zero attached hydrogens (tertiary/aromatic N) is 5. The van der Waals surface area contributed by atoms with E-state index in [0.717, 1.165) is 42.6 Å². The highest BCUT2D eigenvalue weighted by Gasteiger charge is 2.13. The van der Waals surface area contributed by atoms with Gasteiger partial charge in [-0.2, -0.15) is 5.10 Å². The minimum atomic E-state index is -1.16. The summed E-state index contributed by atoms with van der Waals surface area (Å²) < 4.78 is 1.24. The van der Waals surface area contributed by atoms with Crippen LogP contribution in [0.25, 0.3) is 11.3 Å². The van der Waals surface area contributed by atoms with Gasteiger partial charge >= 0.3 is 5.97 Å². The number of rotatable bonds is 10. The Morgan fingerprint density at radius 1 is 1.17 bits per heavy atom. The molecule has 152 valence electrons. The van der Waals surface area contributed by atoms with Crippen molar-refractivity contribution in [2.75, 3.05) is 13.6 Å². The van der Waals surface area contributed by atoms with Crippen LogP contribution in [-0.4, -0.2) is 60.7 Å². The molecule has 0 saturated carbocycles. The molecule has 9 heteroatoms. The number of carboxylic acid groups (broad SMARTS) is 1. The van der Waals surface area contributed by atoms with Gasteiger partial charge in [-0.15, -0.1) is 5.10 Å². The molecule has 0 spiro atoms. The van der Waals surface area contributed by atoms with Crippen LogP contribution >= 0.6 is 0 Å². The fraction of sp³-hybridized carbons (Fsp3) is 0.350. The van der Waals surface area contributed by atoms with Gasteiger partial charge in [0.2, 0.25) is 5.91 Å². The smallest absolute Gasteiger partial charge is 0.358 e. The maximum absolute atomic E-state index is 12.2. The third-order valence-electron chi connectivity index (χ3n) is 4.62. The van der Waals surface area contributed by atoms with Gasteiger partial charge in [0.25, 0.3) is 0 Å². The zero-order valence-corrected chi connectivity index (χ0v) is 16.3. The second kappa shape index (κ2) is 9.63. The molecule has 1 amide bonds. The second-order valence-electron chi connectivity index (χ2n) is 6.88. The summed E-state index contributed by atoms with van der Waals surface area (Å²) >= 11 is 0. The van der Waals surface area contributed by atoms with Gasteiger partial charge in [0, 0.05) is 24.8 Å². The molecule has 2 N–H and O–H groups in total. The lowest BCUT2D eigenvalue weighted by molar-refractivity contribution is -0.130. The van der Waals surface area contributed by atoms with Crippen molar-refractivity contribution in [3.05, 3.63) is 54.0 Å². The summed E-state index contributed by atoms with van der Waals surface area (Å²) in [5.74, 6) is -1.29. The first-order chi connectivity index (χ1) is 14.0. The zero-order chi connectivity index (χ0) is 20.6. The van der Waals surface area contributed by atoms with E-state index >= 15 is 0 Å².